The van der Waals surface area contributed by atoms with Crippen molar-refractivity contribution in [3.8, 4) is 0 Å². The van der Waals surface area contributed by atoms with E-state index in [1.807, 2.05) is 13.8 Å². The Morgan fingerprint density at radius 2 is 1.92 bits per heavy atom. The summed E-state index contributed by atoms with van der Waals surface area (Å²) < 4.78 is 28.1. The van der Waals surface area contributed by atoms with Gasteiger partial charge in [0.1, 0.15) is 0 Å². The van der Waals surface area contributed by atoms with Gasteiger partial charge >= 0.3 is 0 Å². The number of aryl methyl sites for hydroxylation is 1. The average molecular weight is 404 g/mol. The number of carbonyl (C=O) groups is 1. The van der Waals surface area contributed by atoms with Gasteiger partial charge in [-0.05, 0) is 50.9 Å². The fourth-order valence-electron chi connectivity index (χ4n) is 3.13. The van der Waals surface area contributed by atoms with Crippen molar-refractivity contribution in [3.63, 3.8) is 0 Å². The van der Waals surface area contributed by atoms with E-state index in [0.29, 0.717) is 17.7 Å². The predicted molar refractivity (Wildman–Crippen MR) is 106 cm³/mol. The lowest BCUT2D eigenvalue weighted by molar-refractivity contribution is 0.0950. The van der Waals surface area contributed by atoms with Gasteiger partial charge < -0.3 is 10.6 Å². The van der Waals surface area contributed by atoms with E-state index in [1.54, 1.807) is 19.1 Å². The number of hydrogen-bond donors (Lipinski definition) is 3. The number of benzene rings is 1. The molecule has 1 aromatic rings. The van der Waals surface area contributed by atoms with E-state index in [-0.39, 0.29) is 35.3 Å². The van der Waals surface area contributed by atoms with Crippen LogP contribution in [0.2, 0.25) is 0 Å². The van der Waals surface area contributed by atoms with Gasteiger partial charge in [-0.3, -0.25) is 4.79 Å². The molecule has 1 fully saturated rings. The molecule has 1 atom stereocenters. The van der Waals surface area contributed by atoms with Crippen LogP contribution in [0.15, 0.2) is 23.1 Å². The van der Waals surface area contributed by atoms with Crippen LogP contribution in [0.1, 0.15) is 55.5 Å². The highest BCUT2D eigenvalue weighted by Gasteiger charge is 2.25. The minimum absolute atomic E-state index is 0. The standard InChI is InChI=1S/C18H29N3O3S.ClH/c1-4-19-14(3)12-20-18(22)15-10-9-13(2)17(11-15)25(23,24)21-16-7-5-6-8-16;/h9-11,14,16,19,21H,4-8,12H2,1-3H3,(H,20,22);1H/t14-;/m1./s1. The summed E-state index contributed by atoms with van der Waals surface area (Å²) in [5.41, 5.74) is 1.00. The Kier molecular flexibility index (Phi) is 9.03. The molecule has 1 aliphatic rings. The molecule has 0 aromatic heterocycles. The molecule has 2 rings (SSSR count). The van der Waals surface area contributed by atoms with Crippen LogP contribution in [0.4, 0.5) is 0 Å². The van der Waals surface area contributed by atoms with E-state index in [9.17, 15) is 13.2 Å². The summed E-state index contributed by atoms with van der Waals surface area (Å²) in [6, 6.07) is 4.98. The van der Waals surface area contributed by atoms with Gasteiger partial charge in [-0.15, -0.1) is 12.4 Å². The maximum absolute atomic E-state index is 12.7. The molecule has 0 heterocycles. The lowest BCUT2D eigenvalue weighted by Crippen LogP contribution is -2.39. The van der Waals surface area contributed by atoms with Crippen LogP contribution in [-0.4, -0.2) is 39.5 Å². The van der Waals surface area contributed by atoms with Crippen LogP contribution >= 0.6 is 12.4 Å². The Morgan fingerprint density at radius 1 is 1.27 bits per heavy atom. The Hall–Kier alpha value is -1.15. The van der Waals surface area contributed by atoms with Gasteiger partial charge in [-0.2, -0.15) is 0 Å². The van der Waals surface area contributed by atoms with Crippen LogP contribution in [0.5, 0.6) is 0 Å². The molecule has 0 spiro atoms. The SMILES string of the molecule is CCN[C@H](C)CNC(=O)c1ccc(C)c(S(=O)(=O)NC2CCCC2)c1.Cl. The third-order valence-corrected chi connectivity index (χ3v) is 6.20. The summed E-state index contributed by atoms with van der Waals surface area (Å²) >= 11 is 0. The van der Waals surface area contributed by atoms with Crippen LogP contribution in [-0.2, 0) is 10.0 Å². The number of sulfonamides is 1. The van der Waals surface area contributed by atoms with E-state index in [2.05, 4.69) is 15.4 Å². The van der Waals surface area contributed by atoms with Crippen LogP contribution in [0, 0.1) is 6.92 Å². The topological polar surface area (TPSA) is 87.3 Å². The van der Waals surface area contributed by atoms with Crippen LogP contribution in [0.3, 0.4) is 0 Å². The van der Waals surface area contributed by atoms with Crippen molar-refractivity contribution in [2.24, 2.45) is 0 Å². The van der Waals surface area contributed by atoms with E-state index in [4.69, 9.17) is 0 Å². The molecule has 1 aromatic carbocycles. The molecule has 1 saturated carbocycles. The normalized spacial score (nSPS) is 16.1. The Balaban J connectivity index is 0.00000338. The van der Waals surface area contributed by atoms with Gasteiger partial charge in [0.25, 0.3) is 5.91 Å². The van der Waals surface area contributed by atoms with E-state index in [0.717, 1.165) is 32.2 Å². The van der Waals surface area contributed by atoms with Crippen LogP contribution < -0.4 is 15.4 Å². The lowest BCUT2D eigenvalue weighted by Gasteiger charge is -2.16. The van der Waals surface area contributed by atoms with Crippen molar-refractivity contribution in [1.82, 2.24) is 15.4 Å². The highest BCUT2D eigenvalue weighted by Crippen LogP contribution is 2.22. The van der Waals surface area contributed by atoms with Gasteiger partial charge in [0, 0.05) is 24.2 Å². The zero-order valence-corrected chi connectivity index (χ0v) is 17.3. The zero-order chi connectivity index (χ0) is 18.4. The number of amides is 1. The van der Waals surface area contributed by atoms with Crippen molar-refractivity contribution >= 4 is 28.3 Å². The molecule has 0 saturated heterocycles. The van der Waals surface area contributed by atoms with Gasteiger partial charge in [0.05, 0.1) is 4.90 Å². The van der Waals surface area contributed by atoms with Gasteiger partial charge in [-0.1, -0.05) is 25.8 Å². The Morgan fingerprint density at radius 3 is 2.54 bits per heavy atom. The third-order valence-electron chi connectivity index (χ3n) is 4.54. The molecule has 0 aliphatic heterocycles. The minimum atomic E-state index is -3.61. The summed E-state index contributed by atoms with van der Waals surface area (Å²) in [5, 5.41) is 6.05. The summed E-state index contributed by atoms with van der Waals surface area (Å²) in [7, 11) is -3.61. The highest BCUT2D eigenvalue weighted by molar-refractivity contribution is 7.89. The first-order valence-electron chi connectivity index (χ1n) is 8.98. The third kappa shape index (κ3) is 6.23. The number of hydrogen-bond acceptors (Lipinski definition) is 4. The van der Waals surface area contributed by atoms with Crippen molar-refractivity contribution in [2.45, 2.75) is 63.4 Å². The second-order valence-electron chi connectivity index (χ2n) is 6.75. The zero-order valence-electron chi connectivity index (χ0n) is 15.7. The second kappa shape index (κ2) is 10.3. The Labute approximate surface area is 163 Å². The van der Waals surface area contributed by atoms with Gasteiger partial charge in [0.15, 0.2) is 0 Å². The van der Waals surface area contributed by atoms with Gasteiger partial charge in [0.2, 0.25) is 10.0 Å². The number of carbonyl (C=O) groups excluding carboxylic acids is 1. The van der Waals surface area contributed by atoms with Gasteiger partial charge in [-0.25, -0.2) is 13.1 Å². The second-order valence-corrected chi connectivity index (χ2v) is 8.43. The molecular weight excluding hydrogens is 374 g/mol. The lowest BCUT2D eigenvalue weighted by atomic mass is 10.1. The molecule has 1 aliphatic carbocycles. The fraction of sp³-hybridized carbons (Fsp3) is 0.611. The first kappa shape index (κ1) is 22.9. The van der Waals surface area contributed by atoms with E-state index >= 15 is 0 Å². The predicted octanol–water partition coefficient (Wildman–Crippen LogP) is 2.37. The molecule has 1 amide bonds. The van der Waals surface area contributed by atoms with Crippen molar-refractivity contribution in [3.05, 3.63) is 29.3 Å². The molecule has 148 valence electrons. The number of halogens is 1. The molecule has 8 heteroatoms. The summed E-state index contributed by atoms with van der Waals surface area (Å²) in [5.74, 6) is -0.262. The van der Waals surface area contributed by atoms with Crippen LogP contribution in [0.25, 0.3) is 0 Å². The Bertz CT molecular complexity index is 704. The summed E-state index contributed by atoms with van der Waals surface area (Å²) in [4.78, 5) is 12.5. The summed E-state index contributed by atoms with van der Waals surface area (Å²) in [6.45, 7) is 7.06. The first-order chi connectivity index (χ1) is 11.8. The highest BCUT2D eigenvalue weighted by atomic mass is 35.5. The molecule has 0 radical (unpaired) electrons. The molecule has 0 unspecified atom stereocenters. The quantitative estimate of drug-likeness (QED) is 0.621. The summed E-state index contributed by atoms with van der Waals surface area (Å²) in [6.07, 6.45) is 3.86. The first-order valence-corrected chi connectivity index (χ1v) is 10.5. The molecule has 0 bridgehead atoms. The average Bonchev–Trinajstić information content (AvgIpc) is 3.05. The molecule has 3 N–H and O–H groups in total. The molecule has 26 heavy (non-hydrogen) atoms. The van der Waals surface area contributed by atoms with Crippen molar-refractivity contribution < 1.29 is 13.2 Å². The monoisotopic (exact) mass is 403 g/mol. The van der Waals surface area contributed by atoms with E-state index in [1.165, 1.54) is 6.07 Å². The molecule has 6 nitrogen and oxygen atoms in total. The maximum Gasteiger partial charge on any atom is 0.251 e. The van der Waals surface area contributed by atoms with Crippen molar-refractivity contribution in [1.29, 1.82) is 0 Å². The largest absolute Gasteiger partial charge is 0.350 e. The number of likely N-dealkylation sites (N-methyl/N-ethyl adjacent to an activating group) is 1. The number of nitrogens with one attached hydrogen (secondary N) is 3. The number of rotatable bonds is 8. The van der Waals surface area contributed by atoms with E-state index < -0.39 is 10.0 Å². The smallest absolute Gasteiger partial charge is 0.251 e. The molecular formula is C18H30ClN3O3S. The fourth-order valence-corrected chi connectivity index (χ4v) is 4.70. The maximum atomic E-state index is 12.7. The van der Waals surface area contributed by atoms with Crippen molar-refractivity contribution in [2.75, 3.05) is 13.1 Å². The minimum Gasteiger partial charge on any atom is -0.350 e.